The van der Waals surface area contributed by atoms with Crippen LogP contribution < -0.4 is 5.73 Å². The van der Waals surface area contributed by atoms with Crippen molar-refractivity contribution in [3.63, 3.8) is 0 Å². The van der Waals surface area contributed by atoms with Crippen LogP contribution in [0.4, 0.5) is 0 Å². The lowest BCUT2D eigenvalue weighted by atomic mass is 9.92. The van der Waals surface area contributed by atoms with E-state index in [-0.39, 0.29) is 12.4 Å². The monoisotopic (exact) mass is 373 g/mol. The topological polar surface area (TPSA) is 63.3 Å². The second-order valence-corrected chi connectivity index (χ2v) is 8.34. The summed E-state index contributed by atoms with van der Waals surface area (Å²) in [5, 5.41) is 9.45. The average Bonchev–Trinajstić information content (AvgIpc) is 3.05. The third kappa shape index (κ3) is 6.04. The summed E-state index contributed by atoms with van der Waals surface area (Å²) in [5.41, 5.74) is 8.16. The van der Waals surface area contributed by atoms with Crippen molar-refractivity contribution in [3.05, 3.63) is 57.3 Å². The van der Waals surface area contributed by atoms with Crippen molar-refractivity contribution in [2.24, 2.45) is 5.73 Å². The Morgan fingerprint density at radius 2 is 1.92 bits per heavy atom. The number of hydrogen-bond acceptors (Lipinski definition) is 4. The fourth-order valence-electron chi connectivity index (χ4n) is 3.02. The molecule has 0 fully saturated rings. The van der Waals surface area contributed by atoms with E-state index in [2.05, 4.69) is 31.2 Å². The minimum atomic E-state index is -0.516. The normalized spacial score (nSPS) is 13.5. The van der Waals surface area contributed by atoms with Gasteiger partial charge in [0.05, 0.1) is 11.5 Å². The molecule has 0 aliphatic heterocycles. The summed E-state index contributed by atoms with van der Waals surface area (Å²) in [6.07, 6.45) is 5.91. The smallest absolute Gasteiger partial charge is 0.172 e. The number of unbranched alkanes of at least 4 members (excludes halogenated alkanes) is 1. The number of benzene rings is 1. The first-order valence-electron chi connectivity index (χ1n) is 9.53. The zero-order valence-electron chi connectivity index (χ0n) is 16.0. The maximum atomic E-state index is 12.5. The van der Waals surface area contributed by atoms with Crippen LogP contribution in [0.15, 0.2) is 36.4 Å². The third-order valence-corrected chi connectivity index (χ3v) is 6.46. The molecule has 0 amide bonds. The number of aryl methyl sites for hydroxylation is 3. The number of hydrogen-bond donors (Lipinski definition) is 2. The lowest BCUT2D eigenvalue weighted by Gasteiger charge is -2.25. The summed E-state index contributed by atoms with van der Waals surface area (Å²) in [5.74, 6) is 0.245. The second kappa shape index (κ2) is 10.0. The molecule has 0 aliphatic rings. The number of carbonyl (C=O) groups is 1. The Kier molecular flexibility index (Phi) is 8.01. The van der Waals surface area contributed by atoms with E-state index in [0.29, 0.717) is 6.42 Å². The van der Waals surface area contributed by atoms with Crippen LogP contribution in [0.5, 0.6) is 0 Å². The van der Waals surface area contributed by atoms with Crippen molar-refractivity contribution >= 4 is 17.1 Å². The largest absolute Gasteiger partial charge is 0.394 e. The number of rotatable bonds is 11. The highest BCUT2D eigenvalue weighted by molar-refractivity contribution is 7.14. The molecule has 0 bridgehead atoms. The number of ketones is 1. The highest BCUT2D eigenvalue weighted by Crippen LogP contribution is 2.27. The van der Waals surface area contributed by atoms with E-state index in [0.717, 1.165) is 43.4 Å². The molecule has 1 aromatic carbocycles. The van der Waals surface area contributed by atoms with Crippen LogP contribution in [-0.4, -0.2) is 23.0 Å². The fourth-order valence-corrected chi connectivity index (χ4v) is 4.16. The molecule has 1 aromatic heterocycles. The molecule has 0 saturated carbocycles. The first-order chi connectivity index (χ1) is 12.5. The van der Waals surface area contributed by atoms with Gasteiger partial charge < -0.3 is 10.8 Å². The quantitative estimate of drug-likeness (QED) is 0.444. The van der Waals surface area contributed by atoms with Crippen LogP contribution in [0.3, 0.4) is 0 Å². The van der Waals surface area contributed by atoms with Crippen LogP contribution in [0.2, 0.25) is 0 Å². The molecule has 0 radical (unpaired) electrons. The van der Waals surface area contributed by atoms with Crippen LogP contribution in [0.25, 0.3) is 0 Å². The fraction of sp³-hybridized carbons (Fsp3) is 0.500. The van der Waals surface area contributed by atoms with E-state index in [1.54, 1.807) is 11.3 Å². The van der Waals surface area contributed by atoms with E-state index in [9.17, 15) is 9.90 Å². The van der Waals surface area contributed by atoms with Gasteiger partial charge in [0.2, 0.25) is 0 Å². The van der Waals surface area contributed by atoms with Gasteiger partial charge >= 0.3 is 0 Å². The maximum absolute atomic E-state index is 12.5. The molecule has 1 unspecified atom stereocenters. The number of thiophene rings is 1. The molecule has 0 spiro atoms. The van der Waals surface area contributed by atoms with E-state index >= 15 is 0 Å². The molecule has 2 aromatic rings. The molecule has 26 heavy (non-hydrogen) atoms. The van der Waals surface area contributed by atoms with Gasteiger partial charge in [-0.1, -0.05) is 37.3 Å². The number of carbonyl (C=O) groups excluding carboxylic acids is 1. The molecule has 0 aliphatic carbocycles. The van der Waals surface area contributed by atoms with Gasteiger partial charge in [-0.2, -0.15) is 0 Å². The van der Waals surface area contributed by atoms with Crippen molar-refractivity contribution in [2.45, 2.75) is 64.3 Å². The van der Waals surface area contributed by atoms with Crippen molar-refractivity contribution in [1.29, 1.82) is 0 Å². The number of Topliss-reactive ketones (excluding diaryl/α,β-unsaturated/α-hetero) is 1. The zero-order valence-corrected chi connectivity index (χ0v) is 16.8. The van der Waals surface area contributed by atoms with Gasteiger partial charge in [-0.05, 0) is 62.6 Å². The molecule has 0 saturated heterocycles. The van der Waals surface area contributed by atoms with Crippen molar-refractivity contribution < 1.29 is 9.90 Å². The van der Waals surface area contributed by atoms with Gasteiger partial charge in [-0.25, -0.2) is 0 Å². The van der Waals surface area contributed by atoms with Crippen LogP contribution in [-0.2, 0) is 12.8 Å². The van der Waals surface area contributed by atoms with Crippen LogP contribution in [0.1, 0.15) is 64.7 Å². The highest BCUT2D eigenvalue weighted by Gasteiger charge is 2.22. The van der Waals surface area contributed by atoms with Crippen LogP contribution in [0, 0.1) is 6.92 Å². The predicted octanol–water partition coefficient (Wildman–Crippen LogP) is 4.68. The summed E-state index contributed by atoms with van der Waals surface area (Å²) in [6.45, 7) is 4.06. The molecular weight excluding hydrogens is 342 g/mol. The van der Waals surface area contributed by atoms with Gasteiger partial charge in [0, 0.05) is 16.8 Å². The molecule has 3 N–H and O–H groups in total. The molecular formula is C22H31NO2S. The molecule has 4 heteroatoms. The molecule has 1 atom stereocenters. The van der Waals surface area contributed by atoms with E-state index in [1.807, 2.05) is 19.1 Å². The number of aliphatic hydroxyl groups is 1. The van der Waals surface area contributed by atoms with Gasteiger partial charge in [-0.3, -0.25) is 4.79 Å². The first kappa shape index (κ1) is 20.8. The Morgan fingerprint density at radius 3 is 2.58 bits per heavy atom. The summed E-state index contributed by atoms with van der Waals surface area (Å²) < 4.78 is 0. The summed E-state index contributed by atoms with van der Waals surface area (Å²) >= 11 is 1.60. The first-order valence-corrected chi connectivity index (χ1v) is 10.4. The van der Waals surface area contributed by atoms with Crippen LogP contribution >= 0.6 is 11.3 Å². The Bertz CT molecular complexity index is 689. The molecule has 142 valence electrons. The maximum Gasteiger partial charge on any atom is 0.172 e. The summed E-state index contributed by atoms with van der Waals surface area (Å²) in [6, 6.07) is 12.4. The lowest BCUT2D eigenvalue weighted by Crippen LogP contribution is -2.43. The predicted molar refractivity (Wildman–Crippen MR) is 110 cm³/mol. The van der Waals surface area contributed by atoms with Gasteiger partial charge in [0.15, 0.2) is 5.78 Å². The average molecular weight is 374 g/mol. The summed E-state index contributed by atoms with van der Waals surface area (Å²) in [7, 11) is 0. The molecule has 1 heterocycles. The van der Waals surface area contributed by atoms with Gasteiger partial charge in [0.25, 0.3) is 0 Å². The standard InChI is InChI=1S/C22H31NO2S/c1-3-22(23,16-24)14-13-20-17(2)15-21(26-20)19(25)12-8-7-11-18-9-5-4-6-10-18/h4-6,9-10,15,24H,3,7-8,11-14,16,23H2,1-2H3. The highest BCUT2D eigenvalue weighted by atomic mass is 32.1. The Labute approximate surface area is 161 Å². The SMILES string of the molecule is CCC(N)(CO)CCc1sc(C(=O)CCCCc2ccccc2)cc1C. The van der Waals surface area contributed by atoms with Crippen molar-refractivity contribution in [1.82, 2.24) is 0 Å². The summed E-state index contributed by atoms with van der Waals surface area (Å²) in [4.78, 5) is 14.6. The Morgan fingerprint density at radius 1 is 1.19 bits per heavy atom. The Hall–Kier alpha value is -1.49. The lowest BCUT2D eigenvalue weighted by molar-refractivity contribution is 0.0983. The number of aliphatic hydroxyl groups excluding tert-OH is 1. The third-order valence-electron chi connectivity index (χ3n) is 5.13. The minimum absolute atomic E-state index is 0.00112. The van der Waals surface area contributed by atoms with E-state index in [1.165, 1.54) is 16.0 Å². The van der Waals surface area contributed by atoms with Gasteiger partial charge in [-0.15, -0.1) is 11.3 Å². The minimum Gasteiger partial charge on any atom is -0.394 e. The van der Waals surface area contributed by atoms with E-state index in [4.69, 9.17) is 5.73 Å². The number of nitrogens with two attached hydrogens (primary N) is 1. The van der Waals surface area contributed by atoms with Gasteiger partial charge in [0.1, 0.15) is 0 Å². The molecule has 2 rings (SSSR count). The molecule has 3 nitrogen and oxygen atoms in total. The second-order valence-electron chi connectivity index (χ2n) is 7.21. The van der Waals surface area contributed by atoms with Crippen molar-refractivity contribution in [2.75, 3.05) is 6.61 Å². The zero-order chi connectivity index (χ0) is 19.0. The Balaban J connectivity index is 1.82. The van der Waals surface area contributed by atoms with E-state index < -0.39 is 5.54 Å². The van der Waals surface area contributed by atoms with Crippen molar-refractivity contribution in [3.8, 4) is 0 Å².